The molecule has 1 aromatic heterocycles. The van der Waals surface area contributed by atoms with Gasteiger partial charge in [-0.2, -0.15) is 0 Å². The molecule has 14 heavy (non-hydrogen) atoms. The maximum Gasteiger partial charge on any atom is 0.328 e. The zero-order chi connectivity index (χ0) is 10.1. The van der Waals surface area contributed by atoms with E-state index in [0.29, 0.717) is 0 Å². The summed E-state index contributed by atoms with van der Waals surface area (Å²) in [7, 11) is 0. The highest BCUT2D eigenvalue weighted by Gasteiger charge is 2.27. The third kappa shape index (κ3) is 1.50. The smallest absolute Gasteiger partial charge is 0.328 e. The monoisotopic (exact) mass is 196 g/mol. The van der Waals surface area contributed by atoms with Crippen LogP contribution in [0.4, 0.5) is 0 Å². The van der Waals surface area contributed by atoms with Crippen LogP contribution in [0, 0.1) is 0 Å². The number of nitrogens with zero attached hydrogens (tertiary/aromatic N) is 1. The molecule has 0 spiro atoms. The Balaban J connectivity index is 2.41. The second-order valence-corrected chi connectivity index (χ2v) is 3.58. The molecular weight excluding hydrogens is 184 g/mol. The van der Waals surface area contributed by atoms with Crippen LogP contribution in [0.1, 0.15) is 25.3 Å². The summed E-state index contributed by atoms with van der Waals surface area (Å²) in [4.78, 5) is 24.4. The molecule has 1 aliphatic rings. The van der Waals surface area contributed by atoms with E-state index in [1.807, 2.05) is 0 Å². The maximum atomic E-state index is 11.4. The number of aliphatic hydroxyl groups is 1. The van der Waals surface area contributed by atoms with Crippen molar-refractivity contribution in [3.05, 3.63) is 33.1 Å². The van der Waals surface area contributed by atoms with Crippen molar-refractivity contribution in [2.24, 2.45) is 0 Å². The first-order chi connectivity index (χ1) is 6.68. The van der Waals surface area contributed by atoms with Gasteiger partial charge in [-0.05, 0) is 19.3 Å². The predicted molar refractivity (Wildman–Crippen MR) is 50.2 cm³/mol. The van der Waals surface area contributed by atoms with Crippen LogP contribution in [0.15, 0.2) is 21.9 Å². The molecule has 0 bridgehead atoms. The second kappa shape index (κ2) is 3.42. The maximum absolute atomic E-state index is 11.4. The number of aromatic amines is 1. The minimum absolute atomic E-state index is 0.181. The number of nitrogens with one attached hydrogen (secondary N) is 1. The van der Waals surface area contributed by atoms with Crippen LogP contribution in [0.2, 0.25) is 0 Å². The van der Waals surface area contributed by atoms with Crippen LogP contribution in [0.5, 0.6) is 0 Å². The fourth-order valence-electron chi connectivity index (χ4n) is 1.93. The quantitative estimate of drug-likeness (QED) is 0.643. The molecule has 5 nitrogen and oxygen atoms in total. The van der Waals surface area contributed by atoms with Gasteiger partial charge in [0.25, 0.3) is 5.56 Å². The Morgan fingerprint density at radius 3 is 2.79 bits per heavy atom. The second-order valence-electron chi connectivity index (χ2n) is 3.58. The standard InChI is InChI=1S/C9H12N2O3/c12-7-3-1-2-6(7)11-5-4-8(13)10-9(11)14/h4-7,12H,1-3H2,(H,10,13,14). The molecule has 0 saturated heterocycles. The van der Waals surface area contributed by atoms with Crippen LogP contribution in [0.25, 0.3) is 0 Å². The lowest BCUT2D eigenvalue weighted by Gasteiger charge is -2.16. The van der Waals surface area contributed by atoms with Crippen molar-refractivity contribution in [1.82, 2.24) is 9.55 Å². The highest BCUT2D eigenvalue weighted by molar-refractivity contribution is 4.90. The van der Waals surface area contributed by atoms with E-state index in [4.69, 9.17) is 0 Å². The minimum Gasteiger partial charge on any atom is -0.391 e. The van der Waals surface area contributed by atoms with Crippen LogP contribution < -0.4 is 11.2 Å². The Labute approximate surface area is 80.0 Å². The van der Waals surface area contributed by atoms with E-state index in [0.717, 1.165) is 19.3 Å². The van der Waals surface area contributed by atoms with E-state index in [-0.39, 0.29) is 6.04 Å². The molecule has 1 heterocycles. The Kier molecular flexibility index (Phi) is 2.25. The molecule has 0 aliphatic heterocycles. The van der Waals surface area contributed by atoms with Crippen LogP contribution >= 0.6 is 0 Å². The van der Waals surface area contributed by atoms with Crippen molar-refractivity contribution in [3.63, 3.8) is 0 Å². The van der Waals surface area contributed by atoms with Gasteiger partial charge >= 0.3 is 5.69 Å². The zero-order valence-corrected chi connectivity index (χ0v) is 7.64. The SMILES string of the molecule is O=c1ccn(C2CCCC2O)c(=O)[nH]1. The van der Waals surface area contributed by atoms with Gasteiger partial charge < -0.3 is 5.11 Å². The topological polar surface area (TPSA) is 75.1 Å². The van der Waals surface area contributed by atoms with Gasteiger partial charge in [-0.1, -0.05) is 0 Å². The van der Waals surface area contributed by atoms with Crippen molar-refractivity contribution < 1.29 is 5.11 Å². The van der Waals surface area contributed by atoms with Gasteiger partial charge in [-0.3, -0.25) is 14.3 Å². The number of H-pyrrole nitrogens is 1. The van der Waals surface area contributed by atoms with Crippen LogP contribution in [-0.4, -0.2) is 20.8 Å². The molecule has 1 saturated carbocycles. The first-order valence-electron chi connectivity index (χ1n) is 4.68. The minimum atomic E-state index is -0.474. The summed E-state index contributed by atoms with van der Waals surface area (Å²) in [5, 5.41) is 9.58. The van der Waals surface area contributed by atoms with Crippen molar-refractivity contribution in [2.75, 3.05) is 0 Å². The molecule has 1 aliphatic carbocycles. The number of aliphatic hydroxyl groups excluding tert-OH is 1. The van der Waals surface area contributed by atoms with Gasteiger partial charge in [0, 0.05) is 12.3 Å². The molecular formula is C9H12N2O3. The third-order valence-electron chi connectivity index (χ3n) is 2.65. The lowest BCUT2D eigenvalue weighted by Crippen LogP contribution is -2.34. The summed E-state index contributed by atoms with van der Waals surface area (Å²) in [6.45, 7) is 0. The Morgan fingerprint density at radius 1 is 1.43 bits per heavy atom. The van der Waals surface area contributed by atoms with Crippen molar-refractivity contribution in [2.45, 2.75) is 31.4 Å². The molecule has 2 atom stereocenters. The first-order valence-corrected chi connectivity index (χ1v) is 4.68. The summed E-state index contributed by atoms with van der Waals surface area (Å²) in [5.41, 5.74) is -0.845. The highest BCUT2D eigenvalue weighted by atomic mass is 16.3. The molecule has 76 valence electrons. The molecule has 1 fully saturated rings. The van der Waals surface area contributed by atoms with Crippen LogP contribution in [0.3, 0.4) is 0 Å². The Bertz CT molecular complexity index is 434. The van der Waals surface area contributed by atoms with Gasteiger partial charge in [0.1, 0.15) is 0 Å². The number of aromatic nitrogens is 2. The molecule has 5 heteroatoms. The average molecular weight is 196 g/mol. The van der Waals surface area contributed by atoms with Gasteiger partial charge in [0.05, 0.1) is 12.1 Å². The van der Waals surface area contributed by atoms with Gasteiger partial charge in [0.2, 0.25) is 0 Å². The molecule has 2 N–H and O–H groups in total. The van der Waals surface area contributed by atoms with Gasteiger partial charge in [-0.15, -0.1) is 0 Å². The Hall–Kier alpha value is -1.36. The molecule has 1 aromatic rings. The lowest BCUT2D eigenvalue weighted by atomic mass is 10.2. The fourth-order valence-corrected chi connectivity index (χ4v) is 1.93. The summed E-state index contributed by atoms with van der Waals surface area (Å²) >= 11 is 0. The lowest BCUT2D eigenvalue weighted by molar-refractivity contribution is 0.134. The summed E-state index contributed by atoms with van der Waals surface area (Å²) < 4.78 is 1.40. The third-order valence-corrected chi connectivity index (χ3v) is 2.65. The van der Waals surface area contributed by atoms with E-state index < -0.39 is 17.4 Å². The molecule has 2 unspecified atom stereocenters. The number of hydrogen-bond acceptors (Lipinski definition) is 3. The Morgan fingerprint density at radius 2 is 2.21 bits per heavy atom. The fraction of sp³-hybridized carbons (Fsp3) is 0.556. The zero-order valence-electron chi connectivity index (χ0n) is 7.64. The summed E-state index contributed by atoms with van der Waals surface area (Å²) in [6.07, 6.45) is 3.39. The summed E-state index contributed by atoms with van der Waals surface area (Å²) in [6, 6.07) is 1.12. The van der Waals surface area contributed by atoms with E-state index in [1.54, 1.807) is 0 Å². The molecule has 0 radical (unpaired) electrons. The van der Waals surface area contributed by atoms with Crippen molar-refractivity contribution in [1.29, 1.82) is 0 Å². The van der Waals surface area contributed by atoms with Crippen molar-refractivity contribution >= 4 is 0 Å². The van der Waals surface area contributed by atoms with Crippen LogP contribution in [-0.2, 0) is 0 Å². The van der Waals surface area contributed by atoms with E-state index >= 15 is 0 Å². The van der Waals surface area contributed by atoms with Crippen molar-refractivity contribution in [3.8, 4) is 0 Å². The highest BCUT2D eigenvalue weighted by Crippen LogP contribution is 2.28. The average Bonchev–Trinajstić information content (AvgIpc) is 2.52. The summed E-state index contributed by atoms with van der Waals surface area (Å²) in [5.74, 6) is 0. The first kappa shape index (κ1) is 9.21. The van der Waals surface area contributed by atoms with Gasteiger partial charge in [-0.25, -0.2) is 4.79 Å². The molecule has 0 aromatic carbocycles. The predicted octanol–water partition coefficient (Wildman–Crippen LogP) is -0.378. The number of hydrogen-bond donors (Lipinski definition) is 2. The normalized spacial score (nSPS) is 26.6. The molecule has 0 amide bonds. The van der Waals surface area contributed by atoms with E-state index in [1.165, 1.54) is 16.8 Å². The van der Waals surface area contributed by atoms with Gasteiger partial charge in [0.15, 0.2) is 0 Å². The van der Waals surface area contributed by atoms with E-state index in [2.05, 4.69) is 4.98 Å². The largest absolute Gasteiger partial charge is 0.391 e. The van der Waals surface area contributed by atoms with E-state index in [9.17, 15) is 14.7 Å². The number of rotatable bonds is 1. The molecule has 2 rings (SSSR count).